The molecule has 0 aliphatic carbocycles. The molecule has 3 N–H and O–H groups in total. The first-order valence-electron chi connectivity index (χ1n) is 6.67. The summed E-state index contributed by atoms with van der Waals surface area (Å²) in [4.78, 5) is 13.9. The molecule has 1 atom stereocenters. The van der Waals surface area contributed by atoms with E-state index in [9.17, 15) is 13.2 Å². The first-order chi connectivity index (χ1) is 9.30. The molecule has 0 radical (unpaired) electrons. The van der Waals surface area contributed by atoms with Gasteiger partial charge in [-0.25, -0.2) is 13.6 Å². The van der Waals surface area contributed by atoms with Crippen LogP contribution in [0, 0.1) is 12.8 Å². The van der Waals surface area contributed by atoms with Gasteiger partial charge in [0.15, 0.2) is 5.69 Å². The molecule has 20 heavy (non-hydrogen) atoms. The second kappa shape index (κ2) is 5.53. The van der Waals surface area contributed by atoms with Gasteiger partial charge in [0, 0.05) is 13.1 Å². The lowest BCUT2D eigenvalue weighted by atomic mass is 10.0. The molecular formula is C12H20N4O3S. The van der Waals surface area contributed by atoms with Gasteiger partial charge in [0.25, 0.3) is 5.91 Å². The van der Waals surface area contributed by atoms with E-state index in [0.29, 0.717) is 24.7 Å². The summed E-state index contributed by atoms with van der Waals surface area (Å²) in [5.41, 5.74) is 0.193. The van der Waals surface area contributed by atoms with Gasteiger partial charge in [-0.05, 0) is 32.1 Å². The molecule has 7 nitrogen and oxygen atoms in total. The Bertz CT molecular complexity index is 608. The Morgan fingerprint density at radius 3 is 2.75 bits per heavy atom. The van der Waals surface area contributed by atoms with Gasteiger partial charge in [-0.2, -0.15) is 5.10 Å². The van der Waals surface area contributed by atoms with Gasteiger partial charge < -0.3 is 4.90 Å². The lowest BCUT2D eigenvalue weighted by Crippen LogP contribution is -2.33. The number of hydrogen-bond donors (Lipinski definition) is 2. The number of aromatic amines is 1. The molecule has 1 aliphatic rings. The standard InChI is InChI=1S/C12H20N4O3S/c1-8-4-3-6-16(7-5-8)12(17)10-11(20(13,18)19)9(2)14-15-10/h8H,3-7H2,1-2H3,(H,14,15)(H2,13,18,19). The van der Waals surface area contributed by atoms with E-state index in [1.165, 1.54) is 6.92 Å². The fourth-order valence-electron chi connectivity index (χ4n) is 2.53. The maximum absolute atomic E-state index is 12.5. The number of nitrogens with zero attached hydrogens (tertiary/aromatic N) is 2. The Morgan fingerprint density at radius 1 is 1.40 bits per heavy atom. The van der Waals surface area contributed by atoms with Crippen molar-refractivity contribution >= 4 is 15.9 Å². The Morgan fingerprint density at radius 2 is 2.10 bits per heavy atom. The molecule has 1 aliphatic heterocycles. The molecule has 0 aromatic carbocycles. The van der Waals surface area contributed by atoms with Gasteiger partial charge in [0.1, 0.15) is 4.90 Å². The van der Waals surface area contributed by atoms with Crippen LogP contribution in [0.3, 0.4) is 0 Å². The molecular weight excluding hydrogens is 280 g/mol. The Hall–Kier alpha value is -1.41. The van der Waals surface area contributed by atoms with Gasteiger partial charge in [0.05, 0.1) is 5.69 Å². The topological polar surface area (TPSA) is 109 Å². The summed E-state index contributed by atoms with van der Waals surface area (Å²) in [6.07, 6.45) is 2.91. The fourth-order valence-corrected chi connectivity index (χ4v) is 3.40. The van der Waals surface area contributed by atoms with Crippen molar-refractivity contribution in [3.63, 3.8) is 0 Å². The third-order valence-electron chi connectivity index (χ3n) is 3.68. The monoisotopic (exact) mass is 300 g/mol. The highest BCUT2D eigenvalue weighted by molar-refractivity contribution is 7.89. The minimum atomic E-state index is -3.97. The van der Waals surface area contributed by atoms with Crippen molar-refractivity contribution in [2.45, 2.75) is 38.0 Å². The number of hydrogen-bond acceptors (Lipinski definition) is 4. The number of likely N-dealkylation sites (tertiary alicyclic amines) is 1. The summed E-state index contributed by atoms with van der Waals surface area (Å²) in [6, 6.07) is 0. The number of carbonyl (C=O) groups excluding carboxylic acids is 1. The van der Waals surface area contributed by atoms with Gasteiger partial charge in [-0.3, -0.25) is 9.89 Å². The molecule has 1 fully saturated rings. The lowest BCUT2D eigenvalue weighted by molar-refractivity contribution is 0.0750. The van der Waals surface area contributed by atoms with Crippen LogP contribution in [0.1, 0.15) is 42.4 Å². The SMILES string of the molecule is Cc1[nH]nc(C(=O)N2CCCC(C)CC2)c1S(N)(=O)=O. The number of sulfonamides is 1. The maximum atomic E-state index is 12.5. The van der Waals surface area contributed by atoms with Crippen LogP contribution in [0.25, 0.3) is 0 Å². The number of aryl methyl sites for hydroxylation is 1. The molecule has 0 saturated carbocycles. The average molecular weight is 300 g/mol. The van der Waals surface area contributed by atoms with Gasteiger partial charge in [-0.15, -0.1) is 0 Å². The minimum Gasteiger partial charge on any atom is -0.337 e. The third kappa shape index (κ3) is 3.01. The second-order valence-corrected chi connectivity index (χ2v) is 6.90. The zero-order chi connectivity index (χ0) is 14.9. The fraction of sp³-hybridized carbons (Fsp3) is 0.667. The highest BCUT2D eigenvalue weighted by Crippen LogP contribution is 2.21. The first kappa shape index (κ1) is 15.0. The van der Waals surface area contributed by atoms with Crippen molar-refractivity contribution < 1.29 is 13.2 Å². The van der Waals surface area contributed by atoms with E-state index in [1.54, 1.807) is 4.90 Å². The molecule has 1 aromatic rings. The highest BCUT2D eigenvalue weighted by atomic mass is 32.2. The summed E-state index contributed by atoms with van der Waals surface area (Å²) in [7, 11) is -3.97. The molecule has 0 bridgehead atoms. The van der Waals surface area contributed by atoms with Crippen molar-refractivity contribution in [2.24, 2.45) is 11.1 Å². The van der Waals surface area contributed by atoms with Crippen LogP contribution >= 0.6 is 0 Å². The average Bonchev–Trinajstić information content (AvgIpc) is 2.61. The highest BCUT2D eigenvalue weighted by Gasteiger charge is 2.29. The zero-order valence-electron chi connectivity index (χ0n) is 11.7. The van der Waals surface area contributed by atoms with Crippen LogP contribution < -0.4 is 5.14 Å². The summed E-state index contributed by atoms with van der Waals surface area (Å²) < 4.78 is 23.2. The molecule has 8 heteroatoms. The first-order valence-corrected chi connectivity index (χ1v) is 8.22. The van der Waals surface area contributed by atoms with Gasteiger partial charge in [0.2, 0.25) is 10.0 Å². The number of nitrogens with one attached hydrogen (secondary N) is 1. The smallest absolute Gasteiger partial charge is 0.275 e. The van der Waals surface area contributed by atoms with Crippen LogP contribution in [-0.4, -0.2) is 42.5 Å². The predicted molar refractivity (Wildman–Crippen MR) is 73.6 cm³/mol. The molecule has 112 valence electrons. The van der Waals surface area contributed by atoms with Crippen LogP contribution in [0.5, 0.6) is 0 Å². The molecule has 0 spiro atoms. The van der Waals surface area contributed by atoms with E-state index in [-0.39, 0.29) is 16.5 Å². The maximum Gasteiger partial charge on any atom is 0.275 e. The third-order valence-corrected chi connectivity index (χ3v) is 4.75. The van der Waals surface area contributed by atoms with E-state index in [2.05, 4.69) is 17.1 Å². The largest absolute Gasteiger partial charge is 0.337 e. The van der Waals surface area contributed by atoms with Crippen LogP contribution in [0.4, 0.5) is 0 Å². The van der Waals surface area contributed by atoms with E-state index >= 15 is 0 Å². The van der Waals surface area contributed by atoms with Crippen molar-refractivity contribution in [2.75, 3.05) is 13.1 Å². The molecule has 2 rings (SSSR count). The quantitative estimate of drug-likeness (QED) is 0.834. The molecule has 2 heterocycles. The van der Waals surface area contributed by atoms with Crippen molar-refractivity contribution in [1.29, 1.82) is 0 Å². The number of nitrogens with two attached hydrogens (primary N) is 1. The zero-order valence-corrected chi connectivity index (χ0v) is 12.5. The molecule has 1 saturated heterocycles. The van der Waals surface area contributed by atoms with E-state index in [1.807, 2.05) is 0 Å². The lowest BCUT2D eigenvalue weighted by Gasteiger charge is -2.19. The van der Waals surface area contributed by atoms with Crippen LogP contribution in [0.15, 0.2) is 4.90 Å². The van der Waals surface area contributed by atoms with E-state index in [0.717, 1.165) is 19.3 Å². The minimum absolute atomic E-state index is 0.0976. The van der Waals surface area contributed by atoms with E-state index in [4.69, 9.17) is 5.14 Å². The van der Waals surface area contributed by atoms with Crippen LogP contribution in [0.2, 0.25) is 0 Å². The van der Waals surface area contributed by atoms with Crippen molar-refractivity contribution in [3.8, 4) is 0 Å². The van der Waals surface area contributed by atoms with Crippen molar-refractivity contribution in [1.82, 2.24) is 15.1 Å². The number of amides is 1. The summed E-state index contributed by atoms with van der Waals surface area (Å²) in [5, 5.41) is 11.5. The van der Waals surface area contributed by atoms with Crippen molar-refractivity contribution in [3.05, 3.63) is 11.4 Å². The Kier molecular flexibility index (Phi) is 4.14. The summed E-state index contributed by atoms with van der Waals surface area (Å²) in [5.74, 6) is 0.207. The normalized spacial score (nSPS) is 20.8. The van der Waals surface area contributed by atoms with Gasteiger partial charge in [-0.1, -0.05) is 6.92 Å². The molecule has 1 unspecified atom stereocenters. The number of primary sulfonamides is 1. The second-order valence-electron chi connectivity index (χ2n) is 5.40. The molecule has 1 aromatic heterocycles. The Balaban J connectivity index is 2.30. The summed E-state index contributed by atoms with van der Waals surface area (Å²) >= 11 is 0. The predicted octanol–water partition coefficient (Wildman–Crippen LogP) is 0.628. The number of aromatic nitrogens is 2. The van der Waals surface area contributed by atoms with Gasteiger partial charge >= 0.3 is 0 Å². The molecule has 1 amide bonds. The summed E-state index contributed by atoms with van der Waals surface area (Å²) in [6.45, 7) is 4.94. The number of carbonyl (C=O) groups is 1. The Labute approximate surface area is 118 Å². The number of H-pyrrole nitrogens is 1. The van der Waals surface area contributed by atoms with E-state index < -0.39 is 10.0 Å². The number of rotatable bonds is 2. The van der Waals surface area contributed by atoms with Crippen LogP contribution in [-0.2, 0) is 10.0 Å².